The lowest BCUT2D eigenvalue weighted by atomic mass is 9.64. The zero-order valence-electron chi connectivity index (χ0n) is 11.8. The lowest BCUT2D eigenvalue weighted by Gasteiger charge is -2.42. The molecule has 0 spiro atoms. The van der Waals surface area contributed by atoms with Crippen LogP contribution in [-0.2, 0) is 0 Å². The van der Waals surface area contributed by atoms with Crippen molar-refractivity contribution in [2.24, 2.45) is 29.4 Å². The second-order valence-corrected chi connectivity index (χ2v) is 6.53. The molecule has 1 heteroatoms. The third kappa shape index (κ3) is 3.05. The van der Waals surface area contributed by atoms with Crippen molar-refractivity contribution in [1.82, 2.24) is 0 Å². The van der Waals surface area contributed by atoms with Gasteiger partial charge >= 0.3 is 0 Å². The molecule has 4 unspecified atom stereocenters. The van der Waals surface area contributed by atoms with Crippen LogP contribution >= 0.6 is 0 Å². The van der Waals surface area contributed by atoms with Gasteiger partial charge in [0, 0.05) is 6.04 Å². The molecule has 2 saturated carbocycles. The van der Waals surface area contributed by atoms with Gasteiger partial charge in [0.15, 0.2) is 0 Å². The van der Waals surface area contributed by atoms with Gasteiger partial charge in [0.25, 0.3) is 0 Å². The Labute approximate surface area is 108 Å². The highest BCUT2D eigenvalue weighted by atomic mass is 14.7. The first kappa shape index (κ1) is 13.4. The van der Waals surface area contributed by atoms with Crippen molar-refractivity contribution in [1.29, 1.82) is 0 Å². The van der Waals surface area contributed by atoms with E-state index in [-0.39, 0.29) is 0 Å². The molecule has 2 aliphatic carbocycles. The van der Waals surface area contributed by atoms with Crippen LogP contribution in [0.25, 0.3) is 0 Å². The quantitative estimate of drug-likeness (QED) is 0.772. The Bertz CT molecular complexity index is 222. The lowest BCUT2D eigenvalue weighted by Crippen LogP contribution is -2.41. The van der Waals surface area contributed by atoms with Crippen molar-refractivity contribution < 1.29 is 0 Å². The molecule has 2 aliphatic rings. The minimum absolute atomic E-state index is 0.480. The van der Waals surface area contributed by atoms with Gasteiger partial charge in [0.2, 0.25) is 0 Å². The Morgan fingerprint density at radius 1 is 0.941 bits per heavy atom. The third-order valence-electron chi connectivity index (χ3n) is 5.72. The van der Waals surface area contributed by atoms with Gasteiger partial charge in [-0.25, -0.2) is 0 Å². The maximum atomic E-state index is 6.54. The molecule has 0 aromatic rings. The summed E-state index contributed by atoms with van der Waals surface area (Å²) in [5, 5.41) is 0. The Morgan fingerprint density at radius 3 is 2.24 bits per heavy atom. The van der Waals surface area contributed by atoms with Crippen molar-refractivity contribution in [3.05, 3.63) is 0 Å². The molecule has 0 aromatic heterocycles. The van der Waals surface area contributed by atoms with Crippen molar-refractivity contribution in [3.63, 3.8) is 0 Å². The molecule has 100 valence electrons. The van der Waals surface area contributed by atoms with Crippen LogP contribution in [0.5, 0.6) is 0 Å². The summed E-state index contributed by atoms with van der Waals surface area (Å²) in [6.07, 6.45) is 12.8. The largest absolute Gasteiger partial charge is 0.327 e. The van der Waals surface area contributed by atoms with E-state index in [1.165, 1.54) is 57.8 Å². The normalized spacial score (nSPS) is 35.6. The molecular weight excluding hydrogens is 206 g/mol. The van der Waals surface area contributed by atoms with Crippen LogP contribution in [0.3, 0.4) is 0 Å². The molecule has 0 amide bonds. The second kappa shape index (κ2) is 6.22. The molecule has 0 heterocycles. The molecule has 1 nitrogen and oxygen atoms in total. The van der Waals surface area contributed by atoms with Gasteiger partial charge in [-0.3, -0.25) is 0 Å². The molecule has 0 aliphatic heterocycles. The zero-order chi connectivity index (χ0) is 12.3. The summed E-state index contributed by atoms with van der Waals surface area (Å²) in [5.41, 5.74) is 6.54. The van der Waals surface area contributed by atoms with Gasteiger partial charge in [-0.1, -0.05) is 52.4 Å². The van der Waals surface area contributed by atoms with Crippen LogP contribution in [0.15, 0.2) is 0 Å². The van der Waals surface area contributed by atoms with Crippen LogP contribution in [0.2, 0.25) is 0 Å². The maximum Gasteiger partial charge on any atom is 0.00955 e. The summed E-state index contributed by atoms with van der Waals surface area (Å²) in [4.78, 5) is 0. The molecular formula is C16H31N. The smallest absolute Gasteiger partial charge is 0.00955 e. The fourth-order valence-electron chi connectivity index (χ4n) is 4.48. The minimum Gasteiger partial charge on any atom is -0.327 e. The van der Waals surface area contributed by atoms with Crippen molar-refractivity contribution in [2.75, 3.05) is 0 Å². The highest BCUT2D eigenvalue weighted by molar-refractivity contribution is 4.89. The average molecular weight is 237 g/mol. The van der Waals surface area contributed by atoms with Crippen LogP contribution < -0.4 is 5.73 Å². The number of rotatable bonds is 4. The third-order valence-corrected chi connectivity index (χ3v) is 5.72. The Hall–Kier alpha value is -0.0400. The first-order valence-corrected chi connectivity index (χ1v) is 8.01. The Kier molecular flexibility index (Phi) is 4.90. The van der Waals surface area contributed by atoms with E-state index >= 15 is 0 Å². The monoisotopic (exact) mass is 237 g/mol. The average Bonchev–Trinajstić information content (AvgIpc) is 2.39. The Balaban J connectivity index is 1.90. The highest BCUT2D eigenvalue weighted by Crippen LogP contribution is 2.44. The summed E-state index contributed by atoms with van der Waals surface area (Å²) in [7, 11) is 0. The first-order chi connectivity index (χ1) is 8.26. The summed E-state index contributed by atoms with van der Waals surface area (Å²) in [6.45, 7) is 4.61. The molecule has 17 heavy (non-hydrogen) atoms. The fraction of sp³-hybridized carbons (Fsp3) is 1.00. The van der Waals surface area contributed by atoms with E-state index in [1.807, 2.05) is 0 Å². The molecule has 0 radical (unpaired) electrons. The maximum absolute atomic E-state index is 6.54. The number of hydrogen-bond acceptors (Lipinski definition) is 1. The van der Waals surface area contributed by atoms with Crippen LogP contribution in [0.4, 0.5) is 0 Å². The van der Waals surface area contributed by atoms with E-state index < -0.39 is 0 Å². The van der Waals surface area contributed by atoms with Crippen LogP contribution in [0.1, 0.15) is 71.6 Å². The molecule has 4 atom stereocenters. The predicted molar refractivity (Wildman–Crippen MR) is 74.8 cm³/mol. The van der Waals surface area contributed by atoms with E-state index in [9.17, 15) is 0 Å². The number of nitrogens with two attached hydrogens (primary N) is 1. The molecule has 0 bridgehead atoms. The molecule has 2 rings (SSSR count). The summed E-state index contributed by atoms with van der Waals surface area (Å²) < 4.78 is 0. The topological polar surface area (TPSA) is 26.0 Å². The van der Waals surface area contributed by atoms with E-state index in [1.54, 1.807) is 0 Å². The van der Waals surface area contributed by atoms with E-state index in [0.29, 0.717) is 6.04 Å². The van der Waals surface area contributed by atoms with Gasteiger partial charge in [0.05, 0.1) is 0 Å². The van der Waals surface area contributed by atoms with Gasteiger partial charge < -0.3 is 5.73 Å². The van der Waals surface area contributed by atoms with Gasteiger partial charge in [-0.15, -0.1) is 0 Å². The van der Waals surface area contributed by atoms with Gasteiger partial charge in [0.1, 0.15) is 0 Å². The minimum atomic E-state index is 0.480. The fourth-order valence-corrected chi connectivity index (χ4v) is 4.48. The zero-order valence-corrected chi connectivity index (χ0v) is 11.8. The van der Waals surface area contributed by atoms with Crippen LogP contribution in [0, 0.1) is 23.7 Å². The predicted octanol–water partition coefficient (Wildman–Crippen LogP) is 4.36. The molecule has 2 N–H and O–H groups in total. The van der Waals surface area contributed by atoms with Crippen molar-refractivity contribution >= 4 is 0 Å². The van der Waals surface area contributed by atoms with Crippen molar-refractivity contribution in [3.8, 4) is 0 Å². The summed E-state index contributed by atoms with van der Waals surface area (Å²) in [5.74, 6) is 3.69. The first-order valence-electron chi connectivity index (χ1n) is 8.01. The van der Waals surface area contributed by atoms with Crippen LogP contribution in [-0.4, -0.2) is 6.04 Å². The van der Waals surface area contributed by atoms with Gasteiger partial charge in [-0.2, -0.15) is 0 Å². The summed E-state index contributed by atoms with van der Waals surface area (Å²) in [6, 6.07) is 0.480. The molecule has 2 fully saturated rings. The standard InChI is InChI=1S/C16H31N/c1-3-12(4-2)16(17)15-10-9-13-7-5-6-8-14(13)11-15/h12-16H,3-11,17H2,1-2H3. The SMILES string of the molecule is CCC(CC)C(N)C1CCC2CCCCC2C1. The highest BCUT2D eigenvalue weighted by Gasteiger charge is 2.35. The summed E-state index contributed by atoms with van der Waals surface area (Å²) >= 11 is 0. The number of hydrogen-bond donors (Lipinski definition) is 1. The lowest BCUT2D eigenvalue weighted by molar-refractivity contribution is 0.103. The molecule has 0 aromatic carbocycles. The second-order valence-electron chi connectivity index (χ2n) is 6.53. The molecule has 0 saturated heterocycles. The Morgan fingerprint density at radius 2 is 1.59 bits per heavy atom. The van der Waals surface area contributed by atoms with Crippen molar-refractivity contribution in [2.45, 2.75) is 77.7 Å². The van der Waals surface area contributed by atoms with E-state index in [0.717, 1.165) is 23.7 Å². The van der Waals surface area contributed by atoms with E-state index in [2.05, 4.69) is 13.8 Å². The van der Waals surface area contributed by atoms with E-state index in [4.69, 9.17) is 5.73 Å². The number of fused-ring (bicyclic) bond motifs is 1. The van der Waals surface area contributed by atoms with Gasteiger partial charge in [-0.05, 0) is 42.9 Å².